The number of phenolic OH excluding ortho intramolecular Hbond substituents is 1. The highest BCUT2D eigenvalue weighted by atomic mass is 19.4. The molecule has 0 bridgehead atoms. The van der Waals surface area contributed by atoms with Crippen molar-refractivity contribution in [3.05, 3.63) is 41.3 Å². The van der Waals surface area contributed by atoms with Crippen molar-refractivity contribution in [2.45, 2.75) is 38.7 Å². The van der Waals surface area contributed by atoms with Gasteiger partial charge in [0.05, 0.1) is 5.69 Å². The Hall–Kier alpha value is -2.72. The molecule has 0 unspecified atom stereocenters. The van der Waals surface area contributed by atoms with Gasteiger partial charge >= 0.3 is 6.18 Å². The van der Waals surface area contributed by atoms with Gasteiger partial charge in [0.2, 0.25) is 0 Å². The molecule has 3 N–H and O–H groups in total. The second-order valence-electron chi connectivity index (χ2n) is 7.67. The second kappa shape index (κ2) is 7.51. The average Bonchev–Trinajstić information content (AvgIpc) is 3.02. The summed E-state index contributed by atoms with van der Waals surface area (Å²) in [4.78, 5) is 5.76. The quantitative estimate of drug-likeness (QED) is 0.562. The number of aromatic hydroxyl groups is 1. The highest BCUT2D eigenvalue weighted by Crippen LogP contribution is 2.32. The van der Waals surface area contributed by atoms with E-state index in [9.17, 15) is 22.7 Å². The molecule has 10 heteroatoms. The van der Waals surface area contributed by atoms with Crippen LogP contribution >= 0.6 is 0 Å². The van der Waals surface area contributed by atoms with Gasteiger partial charge in [-0.3, -0.25) is 10.00 Å². The molecule has 6 nitrogen and oxygen atoms in total. The third-order valence-corrected chi connectivity index (χ3v) is 5.38. The number of H-pyrrole nitrogens is 1. The lowest BCUT2D eigenvalue weighted by Gasteiger charge is -2.40. The van der Waals surface area contributed by atoms with Crippen LogP contribution in [0.5, 0.6) is 5.75 Å². The summed E-state index contributed by atoms with van der Waals surface area (Å²) < 4.78 is 55.2. The largest absolute Gasteiger partial charge is 0.508 e. The number of fused-ring (bicyclic) bond motifs is 1. The van der Waals surface area contributed by atoms with Gasteiger partial charge in [0.1, 0.15) is 17.6 Å². The molecule has 1 saturated heterocycles. The predicted molar refractivity (Wildman–Crippen MR) is 103 cm³/mol. The Kier molecular flexibility index (Phi) is 5.15. The van der Waals surface area contributed by atoms with Crippen molar-refractivity contribution >= 4 is 11.0 Å². The Morgan fingerprint density at radius 3 is 2.73 bits per heavy atom. The van der Waals surface area contributed by atoms with Crippen molar-refractivity contribution in [3.63, 3.8) is 0 Å². The number of benzene rings is 1. The van der Waals surface area contributed by atoms with Crippen LogP contribution in [0.15, 0.2) is 24.3 Å². The van der Waals surface area contributed by atoms with Crippen LogP contribution in [0.4, 0.5) is 17.6 Å². The number of phenols is 1. The Labute approximate surface area is 169 Å². The minimum absolute atomic E-state index is 0.0162. The molecule has 30 heavy (non-hydrogen) atoms. The first kappa shape index (κ1) is 20.5. The average molecular weight is 423 g/mol. The number of nitrogens with one attached hydrogen (secondary N) is 2. The lowest BCUT2D eigenvalue weighted by atomic mass is 10.0. The molecule has 0 amide bonds. The number of hydrogen-bond donors (Lipinski definition) is 3. The van der Waals surface area contributed by atoms with E-state index in [1.807, 2.05) is 6.92 Å². The van der Waals surface area contributed by atoms with Gasteiger partial charge in [-0.2, -0.15) is 18.3 Å². The van der Waals surface area contributed by atoms with E-state index in [1.165, 1.54) is 17.0 Å². The van der Waals surface area contributed by atoms with E-state index in [4.69, 9.17) is 0 Å². The number of aromatic nitrogens is 3. The monoisotopic (exact) mass is 423 g/mol. The molecule has 1 aliphatic rings. The van der Waals surface area contributed by atoms with E-state index in [0.717, 1.165) is 6.07 Å². The minimum atomic E-state index is -4.38. The zero-order valence-electron chi connectivity index (χ0n) is 16.4. The van der Waals surface area contributed by atoms with Gasteiger partial charge in [0, 0.05) is 48.4 Å². The number of halogens is 4. The van der Waals surface area contributed by atoms with Gasteiger partial charge in [0.25, 0.3) is 0 Å². The van der Waals surface area contributed by atoms with E-state index in [1.54, 1.807) is 13.0 Å². The molecular formula is C20H21F4N5O. The number of pyridine rings is 1. The predicted octanol–water partition coefficient (Wildman–Crippen LogP) is 3.50. The summed E-state index contributed by atoms with van der Waals surface area (Å²) in [5, 5.41) is 19.9. The van der Waals surface area contributed by atoms with Crippen LogP contribution in [0.3, 0.4) is 0 Å². The number of rotatable bonds is 3. The van der Waals surface area contributed by atoms with Crippen LogP contribution in [-0.4, -0.2) is 56.5 Å². The molecule has 1 fully saturated rings. The van der Waals surface area contributed by atoms with Gasteiger partial charge in [-0.25, -0.2) is 9.37 Å². The third-order valence-electron chi connectivity index (χ3n) is 5.38. The van der Waals surface area contributed by atoms with Crippen molar-refractivity contribution in [1.29, 1.82) is 0 Å². The van der Waals surface area contributed by atoms with Crippen LogP contribution in [0.2, 0.25) is 0 Å². The first-order valence-corrected chi connectivity index (χ1v) is 9.51. The van der Waals surface area contributed by atoms with E-state index in [-0.39, 0.29) is 42.7 Å². The van der Waals surface area contributed by atoms with Crippen molar-refractivity contribution < 1.29 is 22.7 Å². The number of alkyl halides is 3. The number of hydrogen-bond acceptors (Lipinski definition) is 5. The zero-order valence-corrected chi connectivity index (χ0v) is 16.4. The molecule has 160 valence electrons. The standard InChI is InChI=1S/C20H21F4N5O/c1-10-8-29(17(7-25-10)20(22,23)24)9-12-5-16(14-4-3-13(30)6-15(14)21)26-19-18(12)11(2)27-28-19/h3-6,10,17,25,30H,7-9H2,1-2H3,(H,26,27,28)/t10-,17+/m1/s1. The van der Waals surface area contributed by atoms with Crippen LogP contribution in [0, 0.1) is 12.7 Å². The highest BCUT2D eigenvalue weighted by molar-refractivity contribution is 5.84. The van der Waals surface area contributed by atoms with Crippen molar-refractivity contribution in [1.82, 2.24) is 25.4 Å². The van der Waals surface area contributed by atoms with Crippen LogP contribution < -0.4 is 5.32 Å². The summed E-state index contributed by atoms with van der Waals surface area (Å²) in [6.07, 6.45) is -4.38. The third kappa shape index (κ3) is 3.84. The molecule has 0 saturated carbocycles. The van der Waals surface area contributed by atoms with E-state index >= 15 is 0 Å². The fraction of sp³-hybridized carbons (Fsp3) is 0.400. The topological polar surface area (TPSA) is 77.1 Å². The molecule has 2 aromatic heterocycles. The van der Waals surface area contributed by atoms with Crippen molar-refractivity contribution in [2.75, 3.05) is 13.1 Å². The van der Waals surface area contributed by atoms with E-state index in [0.29, 0.717) is 22.3 Å². The van der Waals surface area contributed by atoms with E-state index < -0.39 is 18.0 Å². The lowest BCUT2D eigenvalue weighted by molar-refractivity contribution is -0.190. The van der Waals surface area contributed by atoms with Gasteiger partial charge in [0.15, 0.2) is 5.65 Å². The van der Waals surface area contributed by atoms with Crippen LogP contribution in [0.1, 0.15) is 18.2 Å². The summed E-state index contributed by atoms with van der Waals surface area (Å²) in [7, 11) is 0. The summed E-state index contributed by atoms with van der Waals surface area (Å²) in [6.45, 7) is 3.64. The van der Waals surface area contributed by atoms with Crippen molar-refractivity contribution in [2.24, 2.45) is 0 Å². The second-order valence-corrected chi connectivity index (χ2v) is 7.67. The maximum atomic E-state index is 14.4. The molecule has 0 spiro atoms. The number of nitrogens with zero attached hydrogens (tertiary/aromatic N) is 3. The molecule has 3 heterocycles. The number of piperazine rings is 1. The summed E-state index contributed by atoms with van der Waals surface area (Å²) in [5.74, 6) is -0.903. The zero-order chi connectivity index (χ0) is 21.6. The molecule has 3 aromatic rings. The van der Waals surface area contributed by atoms with Gasteiger partial charge in [-0.15, -0.1) is 0 Å². The maximum absolute atomic E-state index is 14.4. The maximum Gasteiger partial charge on any atom is 0.405 e. The Balaban J connectivity index is 1.80. The summed E-state index contributed by atoms with van der Waals surface area (Å²) in [5.41, 5.74) is 1.94. The minimum Gasteiger partial charge on any atom is -0.508 e. The Bertz CT molecular complexity index is 1080. The molecule has 1 aliphatic heterocycles. The summed E-state index contributed by atoms with van der Waals surface area (Å²) >= 11 is 0. The van der Waals surface area contributed by atoms with Crippen LogP contribution in [-0.2, 0) is 6.54 Å². The first-order valence-electron chi connectivity index (χ1n) is 9.51. The number of aryl methyl sites for hydroxylation is 1. The SMILES string of the molecule is Cc1[nH]nc2nc(-c3ccc(O)cc3F)cc(CN3C[C@@H](C)NC[C@H]3C(F)(F)F)c12. The molecule has 2 atom stereocenters. The van der Waals surface area contributed by atoms with Gasteiger partial charge < -0.3 is 10.4 Å². The smallest absolute Gasteiger partial charge is 0.405 e. The van der Waals surface area contributed by atoms with E-state index in [2.05, 4.69) is 20.5 Å². The Morgan fingerprint density at radius 2 is 2.03 bits per heavy atom. The van der Waals surface area contributed by atoms with Crippen molar-refractivity contribution in [3.8, 4) is 17.0 Å². The number of aromatic amines is 1. The molecular weight excluding hydrogens is 402 g/mol. The molecule has 0 aliphatic carbocycles. The molecule has 1 aromatic carbocycles. The first-order chi connectivity index (χ1) is 14.1. The summed E-state index contributed by atoms with van der Waals surface area (Å²) in [6, 6.07) is 3.55. The van der Waals surface area contributed by atoms with Gasteiger partial charge in [-0.1, -0.05) is 0 Å². The fourth-order valence-electron chi connectivity index (χ4n) is 3.94. The molecule has 4 rings (SSSR count). The highest BCUT2D eigenvalue weighted by Gasteiger charge is 2.45. The normalized spacial score (nSPS) is 20.7. The lowest BCUT2D eigenvalue weighted by Crippen LogP contribution is -2.60. The Morgan fingerprint density at radius 1 is 1.27 bits per heavy atom. The van der Waals surface area contributed by atoms with Crippen LogP contribution in [0.25, 0.3) is 22.3 Å². The fourth-order valence-corrected chi connectivity index (χ4v) is 3.94. The molecule has 0 radical (unpaired) electrons. The van der Waals surface area contributed by atoms with Gasteiger partial charge in [-0.05, 0) is 37.6 Å².